The summed E-state index contributed by atoms with van der Waals surface area (Å²) in [5.74, 6) is 8.00. The predicted molar refractivity (Wildman–Crippen MR) is 65.0 cm³/mol. The molecule has 6 heteroatoms. The molecule has 74 valence electrons. The van der Waals surface area contributed by atoms with Crippen molar-refractivity contribution in [1.29, 1.82) is 0 Å². The smallest absolute Gasteiger partial charge is 0.274 e. The van der Waals surface area contributed by atoms with Gasteiger partial charge in [0.05, 0.1) is 0 Å². The van der Waals surface area contributed by atoms with E-state index in [-0.39, 0.29) is 0 Å². The maximum atomic E-state index is 5.21. The second-order valence-electron chi connectivity index (χ2n) is 1.55. The SMILES string of the molecule is CCCCCN.I[I-]I.NN. The molecule has 0 aromatic heterocycles. The van der Waals surface area contributed by atoms with Gasteiger partial charge in [-0.1, -0.05) is 19.8 Å². The summed E-state index contributed by atoms with van der Waals surface area (Å²) < 4.78 is 0. The summed E-state index contributed by atoms with van der Waals surface area (Å²) in [5, 5.41) is 0. The first-order valence-electron chi connectivity index (χ1n) is 3.23. The van der Waals surface area contributed by atoms with E-state index in [1.54, 1.807) is 0 Å². The molecule has 0 rings (SSSR count). The van der Waals surface area contributed by atoms with E-state index in [0.717, 1.165) is 6.54 Å². The average molecular weight is 500 g/mol. The maximum absolute atomic E-state index is 5.21. The zero-order valence-electron chi connectivity index (χ0n) is 6.69. The molecule has 0 bridgehead atoms. The van der Waals surface area contributed by atoms with E-state index in [4.69, 9.17) is 5.73 Å². The van der Waals surface area contributed by atoms with Crippen LogP contribution in [0.5, 0.6) is 0 Å². The van der Waals surface area contributed by atoms with E-state index in [0.29, 0.717) is 13.3 Å². The number of hydrogen-bond donors (Lipinski definition) is 3. The number of hydrogen-bond acceptors (Lipinski definition) is 3. The minimum atomic E-state index is 0.530. The van der Waals surface area contributed by atoms with Gasteiger partial charge in [0, 0.05) is 0 Å². The number of unbranched alkanes of at least 4 members (excludes halogenated alkanes) is 2. The summed E-state index contributed by atoms with van der Waals surface area (Å²) in [6.45, 7) is 3.03. The molecule has 6 N–H and O–H groups in total. The summed E-state index contributed by atoms with van der Waals surface area (Å²) >= 11 is 5.30. The molecule has 0 unspecified atom stereocenters. The van der Waals surface area contributed by atoms with Crippen LogP contribution in [0.2, 0.25) is 0 Å². The average Bonchev–Trinajstić information content (AvgIpc) is 2.06. The molecule has 0 atom stereocenters. The minimum absolute atomic E-state index is 0.530. The van der Waals surface area contributed by atoms with Crippen LogP contribution in [0, 0.1) is 0 Å². The largest absolute Gasteiger partial charge is 0.274 e. The van der Waals surface area contributed by atoms with Crippen molar-refractivity contribution in [3.8, 4) is 0 Å². The van der Waals surface area contributed by atoms with Gasteiger partial charge < -0.3 is 5.73 Å². The third-order valence-electron chi connectivity index (χ3n) is 0.808. The molecule has 0 aromatic rings. The van der Waals surface area contributed by atoms with Gasteiger partial charge in [-0.25, -0.2) is 0 Å². The molecule has 0 aliphatic carbocycles. The van der Waals surface area contributed by atoms with Crippen LogP contribution < -0.4 is 30.7 Å². The van der Waals surface area contributed by atoms with Gasteiger partial charge >= 0.3 is 50.5 Å². The standard InChI is InChI=1S/C5H13N.I3.H4N2/c1-2-3-4-5-6;1-3-2;1-2/h2-6H2,1H3;;1-2H2/q;-1;. The Morgan fingerprint density at radius 2 is 1.55 bits per heavy atom. The van der Waals surface area contributed by atoms with E-state index < -0.39 is 0 Å². The van der Waals surface area contributed by atoms with Crippen LogP contribution in [0.4, 0.5) is 0 Å². The van der Waals surface area contributed by atoms with Gasteiger partial charge in [0.25, 0.3) is 0 Å². The van der Waals surface area contributed by atoms with Crippen LogP contribution in [0.3, 0.4) is 0 Å². The molecular formula is C5H17I3N3-. The molecule has 0 amide bonds. The molecule has 0 aliphatic heterocycles. The van der Waals surface area contributed by atoms with E-state index in [2.05, 4.69) is 55.8 Å². The quantitative estimate of drug-likeness (QED) is 0.196. The van der Waals surface area contributed by atoms with Crippen molar-refractivity contribution in [3.05, 3.63) is 0 Å². The number of rotatable bonds is 3. The molecule has 0 saturated heterocycles. The van der Waals surface area contributed by atoms with Gasteiger partial charge in [-0.05, 0) is 13.0 Å². The molecule has 0 aliphatic rings. The maximum Gasteiger partial charge on any atom is -0.274 e. The molecule has 0 saturated carbocycles. The van der Waals surface area contributed by atoms with Crippen molar-refractivity contribution in [2.24, 2.45) is 17.4 Å². The van der Waals surface area contributed by atoms with Gasteiger partial charge in [0.1, 0.15) is 0 Å². The van der Waals surface area contributed by atoms with E-state index in [1.807, 2.05) is 0 Å². The third kappa shape index (κ3) is 47.6. The topological polar surface area (TPSA) is 78.1 Å². The first-order chi connectivity index (χ1) is 5.33. The van der Waals surface area contributed by atoms with Gasteiger partial charge in [-0.2, -0.15) is 0 Å². The monoisotopic (exact) mass is 500 g/mol. The number of hydrazine groups is 1. The second kappa shape index (κ2) is 29.6. The predicted octanol–water partition coefficient (Wildman–Crippen LogP) is -1.27. The Morgan fingerprint density at radius 3 is 1.64 bits per heavy atom. The van der Waals surface area contributed by atoms with Crippen molar-refractivity contribution < 1.29 is 13.3 Å². The van der Waals surface area contributed by atoms with Gasteiger partial charge in [0.2, 0.25) is 0 Å². The van der Waals surface area contributed by atoms with Crippen molar-refractivity contribution >= 4 is 37.2 Å². The Bertz CT molecular complexity index is 36.2. The van der Waals surface area contributed by atoms with Gasteiger partial charge in [0.15, 0.2) is 0 Å². The van der Waals surface area contributed by atoms with E-state index in [9.17, 15) is 0 Å². The summed E-state index contributed by atoms with van der Waals surface area (Å²) in [7, 11) is 0. The normalized spacial score (nSPS) is 7.45. The fraction of sp³-hybridized carbons (Fsp3) is 1.00. The summed E-state index contributed by atoms with van der Waals surface area (Å²) in [4.78, 5) is 0. The first-order valence-corrected chi connectivity index (χ1v) is 15.8. The Morgan fingerprint density at radius 1 is 1.18 bits per heavy atom. The van der Waals surface area contributed by atoms with Crippen molar-refractivity contribution in [2.75, 3.05) is 6.54 Å². The fourth-order valence-corrected chi connectivity index (χ4v) is 0.394. The zero-order chi connectivity index (χ0) is 9.54. The van der Waals surface area contributed by atoms with Crippen LogP contribution in [0.1, 0.15) is 26.2 Å². The van der Waals surface area contributed by atoms with Crippen molar-refractivity contribution in [2.45, 2.75) is 26.2 Å². The van der Waals surface area contributed by atoms with Crippen LogP contribution in [-0.4, -0.2) is 6.54 Å². The van der Waals surface area contributed by atoms with E-state index in [1.165, 1.54) is 19.3 Å². The Hall–Kier alpha value is 2.07. The number of nitrogens with two attached hydrogens (primary N) is 3. The molecule has 11 heavy (non-hydrogen) atoms. The van der Waals surface area contributed by atoms with Crippen LogP contribution >= 0.6 is 37.2 Å². The first kappa shape index (κ1) is 18.8. The molecule has 3 nitrogen and oxygen atoms in total. The van der Waals surface area contributed by atoms with Crippen LogP contribution in [0.25, 0.3) is 0 Å². The fourth-order valence-electron chi connectivity index (χ4n) is 0.394. The third-order valence-corrected chi connectivity index (χ3v) is 0.808. The minimum Gasteiger partial charge on any atom is -0.274 e. The second-order valence-corrected chi connectivity index (χ2v) is 17.8. The van der Waals surface area contributed by atoms with Gasteiger partial charge in [-0.15, -0.1) is 0 Å². The van der Waals surface area contributed by atoms with E-state index >= 15 is 0 Å². The van der Waals surface area contributed by atoms with Gasteiger partial charge in [-0.3, -0.25) is 11.7 Å². The Balaban J connectivity index is -0.000000109. The Kier molecular flexibility index (Phi) is 50.5. The Labute approximate surface area is 99.2 Å². The summed E-state index contributed by atoms with van der Waals surface area (Å²) in [5.41, 5.74) is 5.21. The van der Waals surface area contributed by atoms with Crippen LogP contribution in [0.15, 0.2) is 0 Å². The molecule has 0 spiro atoms. The van der Waals surface area contributed by atoms with Crippen molar-refractivity contribution in [3.63, 3.8) is 0 Å². The van der Waals surface area contributed by atoms with Crippen molar-refractivity contribution in [1.82, 2.24) is 0 Å². The molecule has 0 aromatic carbocycles. The molecular weight excluding hydrogens is 483 g/mol. The molecule has 0 radical (unpaired) electrons. The summed E-state index contributed by atoms with van der Waals surface area (Å²) in [6.07, 6.45) is 3.75. The molecule has 0 fully saturated rings. The molecule has 0 heterocycles. The summed E-state index contributed by atoms with van der Waals surface area (Å²) in [6, 6.07) is 0. The zero-order valence-corrected chi connectivity index (χ0v) is 13.2. The van der Waals surface area contributed by atoms with Crippen LogP contribution in [-0.2, 0) is 0 Å². The number of halogens is 3.